The Bertz CT molecular complexity index is 1040. The third-order valence-corrected chi connectivity index (χ3v) is 5.35. The number of rotatable bonds is 6. The van der Waals surface area contributed by atoms with Crippen LogP contribution in [0.1, 0.15) is 18.4 Å². The van der Waals surface area contributed by atoms with Gasteiger partial charge in [0, 0.05) is 55.0 Å². The number of hydrogen-bond donors (Lipinski definition) is 2. The second kappa shape index (κ2) is 9.32. The Hall–Kier alpha value is -2.84. The van der Waals surface area contributed by atoms with E-state index in [1.54, 1.807) is 11.6 Å². The fourth-order valence-corrected chi connectivity index (χ4v) is 3.93. The maximum Gasteiger partial charge on any atom is 0.325 e. The molecule has 1 aliphatic rings. The molecule has 9 heteroatoms. The van der Waals surface area contributed by atoms with Crippen molar-refractivity contribution in [3.8, 4) is 0 Å². The summed E-state index contributed by atoms with van der Waals surface area (Å²) in [5, 5.41) is 11.5. The summed E-state index contributed by atoms with van der Waals surface area (Å²) < 4.78 is 8.62. The number of carbonyl (C=O) groups excluding carboxylic acids is 2. The van der Waals surface area contributed by atoms with Gasteiger partial charge < -0.3 is 19.9 Å². The lowest BCUT2D eigenvalue weighted by molar-refractivity contribution is -0.143. The molecule has 2 aromatic heterocycles. The molecule has 2 N–H and O–H groups in total. The molecule has 1 saturated heterocycles. The van der Waals surface area contributed by atoms with Crippen LogP contribution in [0.3, 0.4) is 0 Å². The van der Waals surface area contributed by atoms with Crippen molar-refractivity contribution in [1.82, 2.24) is 19.7 Å². The molecule has 0 unspecified atom stereocenters. The zero-order chi connectivity index (χ0) is 20.4. The molecule has 0 aliphatic carbocycles. The highest BCUT2D eigenvalue weighted by Gasteiger charge is 2.34. The van der Waals surface area contributed by atoms with Crippen molar-refractivity contribution in [1.29, 1.82) is 0 Å². The van der Waals surface area contributed by atoms with Crippen molar-refractivity contribution in [3.05, 3.63) is 48.4 Å². The number of aryl methyl sites for hydroxylation is 1. The molecule has 1 fully saturated rings. The Morgan fingerprint density at radius 2 is 2.13 bits per heavy atom. The Labute approximate surface area is 181 Å². The summed E-state index contributed by atoms with van der Waals surface area (Å²) in [4.78, 5) is 24.7. The van der Waals surface area contributed by atoms with Gasteiger partial charge >= 0.3 is 5.97 Å². The fourth-order valence-electron chi connectivity index (χ4n) is 3.93. The Balaban J connectivity index is 0.00000256. The Morgan fingerprint density at radius 3 is 2.87 bits per heavy atom. The fraction of sp³-hybridized carbons (Fsp3) is 0.381. The van der Waals surface area contributed by atoms with Crippen LogP contribution < -0.4 is 10.6 Å². The summed E-state index contributed by atoms with van der Waals surface area (Å²) in [6.07, 6.45) is 5.65. The molecule has 1 amide bonds. The first kappa shape index (κ1) is 21.9. The molecule has 8 nitrogen and oxygen atoms in total. The number of benzene rings is 1. The number of aromatic nitrogens is 3. The summed E-state index contributed by atoms with van der Waals surface area (Å²) in [6, 6.07) is 7.63. The standard InChI is InChI=1S/C21H25N5O3.ClH/c1-3-29-20(27)13-26-7-6-14-8-16(4-5-19(14)26)24-21(28)18-11-22-10-17(18)15-9-23-25(2)12-15;/h4-9,12,17-18,22H,3,10-11,13H2,1-2H3,(H,24,28);1H/t17-,18+;/m1./s1. The highest BCUT2D eigenvalue weighted by molar-refractivity contribution is 5.96. The van der Waals surface area contributed by atoms with Gasteiger partial charge in [-0.25, -0.2) is 0 Å². The third kappa shape index (κ3) is 4.49. The van der Waals surface area contributed by atoms with Crippen LogP contribution in [0, 0.1) is 5.92 Å². The third-order valence-electron chi connectivity index (χ3n) is 5.35. The highest BCUT2D eigenvalue weighted by Crippen LogP contribution is 2.29. The van der Waals surface area contributed by atoms with Gasteiger partial charge in [0.05, 0.1) is 18.7 Å². The van der Waals surface area contributed by atoms with Crippen LogP contribution >= 0.6 is 12.4 Å². The lowest BCUT2D eigenvalue weighted by atomic mass is 9.90. The number of nitrogens with one attached hydrogen (secondary N) is 2. The van der Waals surface area contributed by atoms with E-state index in [-0.39, 0.29) is 42.7 Å². The van der Waals surface area contributed by atoms with Crippen molar-refractivity contribution >= 4 is 40.9 Å². The smallest absolute Gasteiger partial charge is 0.325 e. The molecule has 0 saturated carbocycles. The van der Waals surface area contributed by atoms with Crippen LogP contribution in [0.2, 0.25) is 0 Å². The van der Waals surface area contributed by atoms with E-state index in [9.17, 15) is 9.59 Å². The highest BCUT2D eigenvalue weighted by atomic mass is 35.5. The van der Waals surface area contributed by atoms with Crippen molar-refractivity contribution < 1.29 is 14.3 Å². The van der Waals surface area contributed by atoms with Crippen molar-refractivity contribution in [2.45, 2.75) is 19.4 Å². The monoisotopic (exact) mass is 431 g/mol. The number of halogens is 1. The minimum Gasteiger partial charge on any atom is -0.465 e. The zero-order valence-electron chi connectivity index (χ0n) is 17.0. The van der Waals surface area contributed by atoms with E-state index < -0.39 is 0 Å². The van der Waals surface area contributed by atoms with E-state index >= 15 is 0 Å². The first-order chi connectivity index (χ1) is 14.0. The number of anilines is 1. The number of fused-ring (bicyclic) bond motifs is 1. The molecular weight excluding hydrogens is 406 g/mol. The Kier molecular flexibility index (Phi) is 6.79. The first-order valence-electron chi connectivity index (χ1n) is 9.80. The lowest BCUT2D eigenvalue weighted by Gasteiger charge is -2.17. The van der Waals surface area contributed by atoms with Gasteiger partial charge in [-0.3, -0.25) is 14.3 Å². The predicted molar refractivity (Wildman–Crippen MR) is 117 cm³/mol. The quantitative estimate of drug-likeness (QED) is 0.584. The topological polar surface area (TPSA) is 90.2 Å². The maximum atomic E-state index is 12.9. The molecule has 0 spiro atoms. The minimum atomic E-state index is -0.266. The molecule has 2 atom stereocenters. The van der Waals surface area contributed by atoms with Gasteiger partial charge in [0.2, 0.25) is 5.91 Å². The molecule has 3 aromatic rings. The summed E-state index contributed by atoms with van der Waals surface area (Å²) in [5.74, 6) is -0.312. The molecule has 30 heavy (non-hydrogen) atoms. The molecule has 4 rings (SSSR count). The van der Waals surface area contributed by atoms with Gasteiger partial charge in [0.25, 0.3) is 0 Å². The van der Waals surface area contributed by atoms with Gasteiger partial charge in [-0.05, 0) is 36.8 Å². The number of hydrogen-bond acceptors (Lipinski definition) is 5. The van der Waals surface area contributed by atoms with Crippen LogP contribution in [0.15, 0.2) is 42.9 Å². The predicted octanol–water partition coefficient (Wildman–Crippen LogP) is 2.30. The van der Waals surface area contributed by atoms with E-state index in [0.29, 0.717) is 13.2 Å². The van der Waals surface area contributed by atoms with Gasteiger partial charge in [0.15, 0.2) is 0 Å². The normalized spacial score (nSPS) is 18.2. The Morgan fingerprint density at radius 1 is 1.30 bits per heavy atom. The van der Waals surface area contributed by atoms with Crippen molar-refractivity contribution in [2.24, 2.45) is 13.0 Å². The van der Waals surface area contributed by atoms with Crippen LogP contribution in [-0.4, -0.2) is 45.9 Å². The van der Waals surface area contributed by atoms with Gasteiger partial charge in [-0.2, -0.15) is 5.10 Å². The number of esters is 1. The number of amides is 1. The van der Waals surface area contributed by atoms with Crippen LogP contribution in [0.4, 0.5) is 5.69 Å². The zero-order valence-corrected chi connectivity index (χ0v) is 17.8. The number of nitrogens with zero attached hydrogens (tertiary/aromatic N) is 3. The van der Waals surface area contributed by atoms with Crippen LogP contribution in [0.25, 0.3) is 10.9 Å². The van der Waals surface area contributed by atoms with E-state index in [1.807, 2.05) is 54.5 Å². The molecular formula is C21H26ClN5O3. The summed E-state index contributed by atoms with van der Waals surface area (Å²) in [7, 11) is 1.88. The van der Waals surface area contributed by atoms with Gasteiger partial charge in [-0.15, -0.1) is 12.4 Å². The summed E-state index contributed by atoms with van der Waals surface area (Å²) in [5.41, 5.74) is 2.74. The SMILES string of the molecule is CCOC(=O)Cn1ccc2cc(NC(=O)[C@H]3CNC[C@@H]3c3cnn(C)c3)ccc21.Cl. The van der Waals surface area contributed by atoms with E-state index in [4.69, 9.17) is 4.74 Å². The number of ether oxygens (including phenoxy) is 1. The van der Waals surface area contributed by atoms with Crippen molar-refractivity contribution in [2.75, 3.05) is 25.0 Å². The van der Waals surface area contributed by atoms with Gasteiger partial charge in [0.1, 0.15) is 6.54 Å². The second-order valence-corrected chi connectivity index (χ2v) is 7.33. The summed E-state index contributed by atoms with van der Waals surface area (Å²) >= 11 is 0. The maximum absolute atomic E-state index is 12.9. The second-order valence-electron chi connectivity index (χ2n) is 7.33. The molecule has 1 aliphatic heterocycles. The lowest BCUT2D eigenvalue weighted by Crippen LogP contribution is -2.28. The molecule has 3 heterocycles. The number of carbonyl (C=O) groups is 2. The van der Waals surface area contributed by atoms with E-state index in [0.717, 1.165) is 28.7 Å². The molecule has 1 aromatic carbocycles. The summed E-state index contributed by atoms with van der Waals surface area (Å²) in [6.45, 7) is 3.73. The molecule has 0 radical (unpaired) electrons. The van der Waals surface area contributed by atoms with Gasteiger partial charge in [-0.1, -0.05) is 0 Å². The molecule has 0 bridgehead atoms. The van der Waals surface area contributed by atoms with E-state index in [2.05, 4.69) is 15.7 Å². The first-order valence-corrected chi connectivity index (χ1v) is 9.80. The van der Waals surface area contributed by atoms with Crippen LogP contribution in [0.5, 0.6) is 0 Å². The average Bonchev–Trinajstić information content (AvgIpc) is 3.41. The van der Waals surface area contributed by atoms with E-state index in [1.165, 1.54) is 0 Å². The minimum absolute atomic E-state index is 0. The largest absolute Gasteiger partial charge is 0.465 e. The van der Waals surface area contributed by atoms with Crippen molar-refractivity contribution in [3.63, 3.8) is 0 Å². The van der Waals surface area contributed by atoms with Crippen LogP contribution in [-0.2, 0) is 27.9 Å². The average molecular weight is 432 g/mol. The molecule has 160 valence electrons.